The molecule has 0 bridgehead atoms. The monoisotopic (exact) mass is 712 g/mol. The van der Waals surface area contributed by atoms with Crippen molar-refractivity contribution in [1.82, 2.24) is 5.43 Å². The molecule has 0 aromatic heterocycles. The first-order valence-electron chi connectivity index (χ1n) is 14.2. The number of nitrogens with one attached hydrogen (secondary N) is 2. The molecule has 0 radical (unpaired) electrons. The van der Waals surface area contributed by atoms with Crippen LogP contribution < -0.4 is 21.1 Å². The van der Waals surface area contributed by atoms with Crippen LogP contribution >= 0.6 is 7.92 Å². The number of para-hydroxylation sites is 3. The third-order valence-corrected chi connectivity index (χ3v) is 8.32. The van der Waals surface area contributed by atoms with Crippen molar-refractivity contribution in [1.29, 1.82) is 0 Å². The zero-order valence-corrected chi connectivity index (χ0v) is 28.4. The van der Waals surface area contributed by atoms with Crippen LogP contribution in [0.4, 0.5) is 0 Å². The molecule has 0 aliphatic rings. The molecule has 44 heavy (non-hydrogen) atoms. The molecule has 3 rings (SSSR count). The quantitative estimate of drug-likeness (QED) is 0.0520. The first kappa shape index (κ1) is 40.4. The average molecular weight is 713 g/mol. The van der Waals surface area contributed by atoms with E-state index in [4.69, 9.17) is 4.74 Å². The zero-order valence-electron chi connectivity index (χ0n) is 25.9. The van der Waals surface area contributed by atoms with Crippen molar-refractivity contribution in [3.63, 3.8) is 0 Å². The number of phenolic OH excluding ortho intramolecular Hbond substituents is 1. The van der Waals surface area contributed by atoms with Gasteiger partial charge in [0.05, 0.1) is 12.4 Å². The van der Waals surface area contributed by atoms with Gasteiger partial charge in [-0.2, -0.15) is 33.0 Å². The van der Waals surface area contributed by atoms with E-state index in [1.165, 1.54) is 55.7 Å². The fraction of sp³-hybridized carbons (Fsp3) is 0.312. The number of hydrogen-bond donors (Lipinski definition) is 3. The number of phenols is 1. The van der Waals surface area contributed by atoms with Gasteiger partial charge < -0.3 is 19.7 Å². The maximum Gasteiger partial charge on any atom is 2.00 e. The van der Waals surface area contributed by atoms with E-state index in [-0.39, 0.29) is 43.3 Å². The van der Waals surface area contributed by atoms with Crippen LogP contribution in [-0.2, 0) is 25.2 Å². The second kappa shape index (κ2) is 25.9. The molecule has 0 fully saturated rings. The molecular formula is C32H43N6O4PPd. The molecular weight excluding hydrogens is 670 g/mol. The fourth-order valence-corrected chi connectivity index (χ4v) is 4.54. The van der Waals surface area contributed by atoms with Gasteiger partial charge in [0.15, 0.2) is 0 Å². The number of benzene rings is 3. The first-order valence-corrected chi connectivity index (χ1v) is 16.1. The van der Waals surface area contributed by atoms with Crippen molar-refractivity contribution in [3.05, 3.63) is 106 Å². The normalized spacial score (nSPS) is 11.1. The summed E-state index contributed by atoms with van der Waals surface area (Å²) < 4.78 is 4.83. The predicted octanol–water partition coefficient (Wildman–Crippen LogP) is 4.17. The Balaban J connectivity index is 0.00000121. The second-order valence-electron chi connectivity index (χ2n) is 8.46. The standard InChI is InChI=1S/C22H19N6O3.C6H15P.C4H10O.Pd/c29-19-10-4-1-7-16(19)13-23-26-22(27-24-14-17-8-2-5-11-20(17)30)28-25-15-18-9-3-6-12-21(18)31;1-4-7(5-2)6-3;1-3-5-4-2;/h1-15,23,30-31H,(H,27,28);4-6H2,1-3H3;3-4H2,1-2H3;/q-1;;;+2/p-1/b24-14+,25-15+,26-23?;;;. The molecule has 0 heterocycles. The van der Waals surface area contributed by atoms with Gasteiger partial charge in [-0.1, -0.05) is 62.9 Å². The van der Waals surface area contributed by atoms with Crippen LogP contribution in [0.1, 0.15) is 51.3 Å². The van der Waals surface area contributed by atoms with Crippen molar-refractivity contribution in [2.24, 2.45) is 20.4 Å². The summed E-state index contributed by atoms with van der Waals surface area (Å²) in [5, 5.41) is 39.9. The summed E-state index contributed by atoms with van der Waals surface area (Å²) >= 11 is 0. The summed E-state index contributed by atoms with van der Waals surface area (Å²) in [6.45, 7) is 13.9. The smallest absolute Gasteiger partial charge is 0.872 e. The Morgan fingerprint density at radius 3 is 2.16 bits per heavy atom. The molecule has 0 atom stereocenters. The van der Waals surface area contributed by atoms with Crippen LogP contribution in [0.2, 0.25) is 0 Å². The number of ether oxygens (including phenoxy) is 1. The second-order valence-corrected chi connectivity index (χ2v) is 11.7. The average Bonchev–Trinajstić information content (AvgIpc) is 3.02. The minimum atomic E-state index is -0.191. The number of rotatable bonds is 11. The molecule has 0 aliphatic heterocycles. The van der Waals surface area contributed by atoms with Gasteiger partial charge in [-0.05, 0) is 55.5 Å². The van der Waals surface area contributed by atoms with Gasteiger partial charge in [-0.3, -0.25) is 6.07 Å². The predicted molar refractivity (Wildman–Crippen MR) is 176 cm³/mol. The van der Waals surface area contributed by atoms with E-state index < -0.39 is 0 Å². The third kappa shape index (κ3) is 17.5. The molecule has 3 aromatic rings. The molecule has 12 heteroatoms. The van der Waals surface area contributed by atoms with Gasteiger partial charge in [-0.15, -0.1) is 13.0 Å². The maximum absolute atomic E-state index is 11.8. The van der Waals surface area contributed by atoms with Gasteiger partial charge in [0.1, 0.15) is 5.75 Å². The number of nitrogens with zero attached hydrogens (tertiary/aromatic N) is 4. The molecule has 10 nitrogen and oxygen atoms in total. The van der Waals surface area contributed by atoms with Crippen LogP contribution in [0.3, 0.4) is 0 Å². The van der Waals surface area contributed by atoms with E-state index in [1.54, 1.807) is 54.6 Å². The topological polar surface area (TPSA) is 145 Å². The van der Waals surface area contributed by atoms with E-state index in [1.807, 2.05) is 13.8 Å². The molecule has 0 aliphatic carbocycles. The van der Waals surface area contributed by atoms with Gasteiger partial charge in [-0.25, -0.2) is 11.5 Å². The molecule has 0 amide bonds. The summed E-state index contributed by atoms with van der Waals surface area (Å²) in [5.41, 5.74) is 3.68. The Kier molecular flexibility index (Phi) is 23.7. The Morgan fingerprint density at radius 1 is 0.977 bits per heavy atom. The molecule has 0 saturated heterocycles. The Bertz CT molecular complexity index is 1350. The largest absolute Gasteiger partial charge is 2.00 e. The van der Waals surface area contributed by atoms with Crippen molar-refractivity contribution in [3.8, 4) is 11.5 Å². The van der Waals surface area contributed by atoms with Crippen molar-refractivity contribution in [2.45, 2.75) is 34.6 Å². The van der Waals surface area contributed by atoms with Crippen molar-refractivity contribution < 1.29 is 40.5 Å². The van der Waals surface area contributed by atoms with Gasteiger partial charge in [0, 0.05) is 30.4 Å². The number of guanidine groups is 1. The van der Waals surface area contributed by atoms with Crippen LogP contribution in [0.15, 0.2) is 98.0 Å². The molecule has 0 saturated carbocycles. The summed E-state index contributed by atoms with van der Waals surface area (Å²) in [5.74, 6) is -0.179. The summed E-state index contributed by atoms with van der Waals surface area (Å²) in [7, 11) is 0.446. The van der Waals surface area contributed by atoms with E-state index in [0.717, 1.165) is 13.2 Å². The molecule has 240 valence electrons. The van der Waals surface area contributed by atoms with Gasteiger partial charge >= 0.3 is 26.4 Å². The van der Waals surface area contributed by atoms with Crippen LogP contribution in [0.25, 0.3) is 0 Å². The van der Waals surface area contributed by atoms with E-state index in [2.05, 4.69) is 51.7 Å². The minimum absolute atomic E-state index is 0. The number of hydrazone groups is 1. The number of azo groups is 1. The van der Waals surface area contributed by atoms with Crippen molar-refractivity contribution >= 4 is 26.3 Å². The van der Waals surface area contributed by atoms with Crippen molar-refractivity contribution in [2.75, 3.05) is 31.7 Å². The van der Waals surface area contributed by atoms with Gasteiger partial charge in [0.2, 0.25) is 0 Å². The van der Waals surface area contributed by atoms with Crippen LogP contribution in [-0.4, -0.2) is 55.2 Å². The molecule has 0 unspecified atom stereocenters. The third-order valence-electron chi connectivity index (χ3n) is 5.63. The number of aromatic hydroxyl groups is 1. The van der Waals surface area contributed by atoms with E-state index in [9.17, 15) is 15.0 Å². The summed E-state index contributed by atoms with van der Waals surface area (Å²) in [4.78, 5) is 11.8. The molecule has 0 spiro atoms. The molecule has 3 N–H and O–H groups in total. The Labute approximate surface area is 275 Å². The SMILES string of the molecule is CCOCC.CCP(CC)CC.O=c1[cH-]cccc1[CH-][NH+]=N/C(=N\N=C\c1ccccc1[O-])N/N=C/c1ccccc1O.[Pd+2]. The Morgan fingerprint density at radius 2 is 1.61 bits per heavy atom. The fourth-order valence-electron chi connectivity index (χ4n) is 3.20. The number of hydrogen-bond acceptors (Lipinski definition) is 7. The summed E-state index contributed by atoms with van der Waals surface area (Å²) in [6, 6.07) is 19.5. The van der Waals surface area contributed by atoms with Crippen LogP contribution in [0.5, 0.6) is 11.5 Å². The Hall–Kier alpha value is -3.61. The minimum Gasteiger partial charge on any atom is -0.872 e. The van der Waals surface area contributed by atoms with E-state index in [0.29, 0.717) is 24.6 Å². The zero-order chi connectivity index (χ0) is 31.7. The first-order chi connectivity index (χ1) is 20.9. The molecule has 3 aromatic carbocycles. The maximum atomic E-state index is 11.8. The summed E-state index contributed by atoms with van der Waals surface area (Å²) in [6.07, 6.45) is 6.93. The van der Waals surface area contributed by atoms with Gasteiger partial charge in [0.25, 0.3) is 0 Å². The van der Waals surface area contributed by atoms with Crippen LogP contribution in [0, 0.1) is 6.54 Å². The van der Waals surface area contributed by atoms with E-state index >= 15 is 0 Å².